The quantitative estimate of drug-likeness (QED) is 0.347. The van der Waals surface area contributed by atoms with E-state index in [1.165, 1.54) is 13.0 Å². The second-order valence-electron chi connectivity index (χ2n) is 8.76. The summed E-state index contributed by atoms with van der Waals surface area (Å²) in [6.45, 7) is 18.9. The van der Waals surface area contributed by atoms with Gasteiger partial charge in [-0.05, 0) is 61.2 Å². The summed E-state index contributed by atoms with van der Waals surface area (Å²) in [7, 11) is 2.19. The fourth-order valence-corrected chi connectivity index (χ4v) is 4.36. The number of piperazine rings is 1. The number of hydrogen-bond acceptors (Lipinski definition) is 4. The van der Waals surface area contributed by atoms with Gasteiger partial charge in [0, 0.05) is 38.8 Å². The minimum Gasteiger partial charge on any atom is -0.357 e. The molecule has 2 rings (SSSR count). The third-order valence-electron chi connectivity index (χ3n) is 5.47. The molecule has 0 saturated carbocycles. The van der Waals surface area contributed by atoms with Gasteiger partial charge < -0.3 is 24.9 Å². The van der Waals surface area contributed by atoms with Crippen molar-refractivity contribution in [2.75, 3.05) is 66.0 Å². The fraction of sp³-hybridized carbons (Fsp3) is 0.900. The van der Waals surface area contributed by atoms with Crippen LogP contribution in [0.25, 0.3) is 0 Å². The van der Waals surface area contributed by atoms with Gasteiger partial charge in [0.1, 0.15) is 0 Å². The summed E-state index contributed by atoms with van der Waals surface area (Å²) in [5.74, 6) is 1.05. The molecule has 2 heterocycles. The van der Waals surface area contributed by atoms with Crippen molar-refractivity contribution in [2.24, 2.45) is 4.99 Å². The monoisotopic (exact) mass is 508 g/mol. The van der Waals surface area contributed by atoms with Crippen LogP contribution in [0.1, 0.15) is 41.0 Å². The van der Waals surface area contributed by atoms with E-state index in [0.717, 1.165) is 51.8 Å². The molecular formula is C20H41IN6O. The number of aliphatic imine (C=N–C) groups is 1. The van der Waals surface area contributed by atoms with Crippen molar-refractivity contribution in [1.29, 1.82) is 0 Å². The Morgan fingerprint density at radius 3 is 2.54 bits per heavy atom. The topological polar surface area (TPSA) is 54.4 Å². The summed E-state index contributed by atoms with van der Waals surface area (Å²) in [5.41, 5.74) is -0.199. The van der Waals surface area contributed by atoms with Crippen LogP contribution in [0.3, 0.4) is 0 Å². The van der Waals surface area contributed by atoms with Crippen molar-refractivity contribution < 1.29 is 4.79 Å². The van der Waals surface area contributed by atoms with Crippen molar-refractivity contribution in [3.8, 4) is 0 Å². The third-order valence-corrected chi connectivity index (χ3v) is 5.47. The summed E-state index contributed by atoms with van der Waals surface area (Å²) in [4.78, 5) is 26.6. The predicted octanol–water partition coefficient (Wildman–Crippen LogP) is 1.54. The molecule has 2 aliphatic rings. The molecular weight excluding hydrogens is 467 g/mol. The van der Waals surface area contributed by atoms with Crippen LogP contribution in [0.4, 0.5) is 0 Å². The van der Waals surface area contributed by atoms with E-state index in [2.05, 4.69) is 61.7 Å². The van der Waals surface area contributed by atoms with Gasteiger partial charge >= 0.3 is 0 Å². The first-order valence-corrected chi connectivity index (χ1v) is 10.5. The lowest BCUT2D eigenvalue weighted by molar-refractivity contribution is -0.145. The maximum Gasteiger partial charge on any atom is 0.242 e. The maximum atomic E-state index is 12.7. The number of guanidine groups is 1. The van der Waals surface area contributed by atoms with E-state index in [1.54, 1.807) is 0 Å². The maximum absolute atomic E-state index is 12.7. The molecule has 0 radical (unpaired) electrons. The van der Waals surface area contributed by atoms with E-state index < -0.39 is 0 Å². The second-order valence-corrected chi connectivity index (χ2v) is 8.76. The van der Waals surface area contributed by atoms with Crippen LogP contribution in [0.2, 0.25) is 0 Å². The predicted molar refractivity (Wildman–Crippen MR) is 128 cm³/mol. The summed E-state index contributed by atoms with van der Waals surface area (Å²) in [5, 5.41) is 3.39. The van der Waals surface area contributed by atoms with Crippen molar-refractivity contribution in [3.63, 3.8) is 0 Å². The average Bonchev–Trinajstić information content (AvgIpc) is 2.76. The fourth-order valence-electron chi connectivity index (χ4n) is 4.36. The Labute approximate surface area is 188 Å². The molecule has 2 aliphatic heterocycles. The molecule has 0 spiro atoms. The zero-order valence-electron chi connectivity index (χ0n) is 18.7. The highest BCUT2D eigenvalue weighted by Gasteiger charge is 2.40. The van der Waals surface area contributed by atoms with Gasteiger partial charge in [-0.25, -0.2) is 0 Å². The van der Waals surface area contributed by atoms with Crippen LogP contribution in [-0.4, -0.2) is 109 Å². The van der Waals surface area contributed by atoms with Gasteiger partial charge in [0.2, 0.25) is 5.91 Å². The van der Waals surface area contributed by atoms with Crippen LogP contribution in [0.5, 0.6) is 0 Å². The van der Waals surface area contributed by atoms with Crippen LogP contribution in [0.15, 0.2) is 4.99 Å². The van der Waals surface area contributed by atoms with E-state index in [1.807, 2.05) is 4.90 Å². The van der Waals surface area contributed by atoms with Crippen LogP contribution >= 0.6 is 24.0 Å². The Bertz CT molecular complexity index is 525. The molecule has 164 valence electrons. The lowest BCUT2D eigenvalue weighted by Gasteiger charge is -2.49. The molecule has 28 heavy (non-hydrogen) atoms. The number of carbonyl (C=O) groups is 1. The summed E-state index contributed by atoms with van der Waals surface area (Å²) < 4.78 is 0. The van der Waals surface area contributed by atoms with Gasteiger partial charge in [-0.15, -0.1) is 24.0 Å². The molecule has 0 unspecified atom stereocenters. The largest absolute Gasteiger partial charge is 0.357 e. The SMILES string of the molecule is CCNC(=NCCN1CCCN(C)CC1)N1CC(=O)N(C(C)C)C(C)(C)C1.I. The number of nitrogens with zero attached hydrogens (tertiary/aromatic N) is 5. The van der Waals surface area contributed by atoms with Crippen LogP contribution in [0, 0.1) is 0 Å². The van der Waals surface area contributed by atoms with Crippen LogP contribution in [-0.2, 0) is 4.79 Å². The Hall–Kier alpha value is -0.610. The molecule has 2 saturated heterocycles. The molecule has 7 nitrogen and oxygen atoms in total. The first kappa shape index (κ1) is 25.4. The zero-order valence-corrected chi connectivity index (χ0v) is 21.0. The third kappa shape index (κ3) is 7.02. The van der Waals surface area contributed by atoms with Crippen LogP contribution < -0.4 is 5.32 Å². The van der Waals surface area contributed by atoms with Gasteiger partial charge in [-0.2, -0.15) is 0 Å². The summed E-state index contributed by atoms with van der Waals surface area (Å²) >= 11 is 0. The van der Waals surface area contributed by atoms with E-state index in [9.17, 15) is 4.79 Å². The second kappa shape index (κ2) is 11.5. The van der Waals surface area contributed by atoms with E-state index >= 15 is 0 Å². The van der Waals surface area contributed by atoms with Crippen molar-refractivity contribution in [1.82, 2.24) is 24.9 Å². The highest BCUT2D eigenvalue weighted by atomic mass is 127. The molecule has 8 heteroatoms. The molecule has 1 amide bonds. The van der Waals surface area contributed by atoms with Gasteiger partial charge in [-0.3, -0.25) is 9.79 Å². The van der Waals surface area contributed by atoms with Gasteiger partial charge in [0.25, 0.3) is 0 Å². The average molecular weight is 508 g/mol. The highest BCUT2D eigenvalue weighted by molar-refractivity contribution is 14.0. The lowest BCUT2D eigenvalue weighted by atomic mass is 9.96. The van der Waals surface area contributed by atoms with Crippen molar-refractivity contribution in [2.45, 2.75) is 52.6 Å². The highest BCUT2D eigenvalue weighted by Crippen LogP contribution is 2.24. The number of nitrogens with one attached hydrogen (secondary N) is 1. The minimum absolute atomic E-state index is 0. The Balaban J connectivity index is 0.00000392. The smallest absolute Gasteiger partial charge is 0.242 e. The first-order chi connectivity index (χ1) is 12.7. The number of hydrogen-bond donors (Lipinski definition) is 1. The lowest BCUT2D eigenvalue weighted by Crippen LogP contribution is -2.66. The Kier molecular flexibility index (Phi) is 10.5. The normalized spacial score (nSPS) is 22.2. The number of halogens is 1. The number of likely N-dealkylation sites (N-methyl/N-ethyl adjacent to an activating group) is 1. The van der Waals surface area contributed by atoms with E-state index in [0.29, 0.717) is 6.54 Å². The van der Waals surface area contributed by atoms with Gasteiger partial charge in [0.15, 0.2) is 5.96 Å². The summed E-state index contributed by atoms with van der Waals surface area (Å²) in [6.07, 6.45) is 1.22. The van der Waals surface area contributed by atoms with E-state index in [4.69, 9.17) is 4.99 Å². The standard InChI is InChI=1S/C20H40N6O.HI/c1-7-21-19(22-9-12-24-11-8-10-23(6)13-14-24)25-15-18(27)26(17(2)3)20(4,5)16-25;/h17H,7-16H2,1-6H3,(H,21,22);1H. The molecule has 0 aromatic heterocycles. The van der Waals surface area contributed by atoms with Crippen molar-refractivity contribution >= 4 is 35.8 Å². The molecule has 0 atom stereocenters. The Morgan fingerprint density at radius 1 is 1.21 bits per heavy atom. The molecule has 0 bridgehead atoms. The number of rotatable bonds is 5. The zero-order chi connectivity index (χ0) is 20.0. The minimum atomic E-state index is -0.199. The molecule has 0 aromatic carbocycles. The van der Waals surface area contributed by atoms with Gasteiger partial charge in [0.05, 0.1) is 18.6 Å². The molecule has 1 N–H and O–H groups in total. The first-order valence-electron chi connectivity index (χ1n) is 10.5. The number of carbonyl (C=O) groups excluding carboxylic acids is 1. The van der Waals surface area contributed by atoms with E-state index in [-0.39, 0.29) is 41.5 Å². The summed E-state index contributed by atoms with van der Waals surface area (Å²) in [6, 6.07) is 0.218. The molecule has 2 fully saturated rings. The molecule has 0 aliphatic carbocycles. The Morgan fingerprint density at radius 2 is 1.93 bits per heavy atom. The number of amides is 1. The molecule has 0 aromatic rings. The van der Waals surface area contributed by atoms with Crippen molar-refractivity contribution in [3.05, 3.63) is 0 Å². The van der Waals surface area contributed by atoms with Gasteiger partial charge in [-0.1, -0.05) is 0 Å².